The number of rotatable bonds is 5. The van der Waals surface area contributed by atoms with E-state index in [4.69, 9.17) is 0 Å². The number of guanidine groups is 1. The minimum absolute atomic E-state index is 0.282. The maximum Gasteiger partial charge on any atom is 0.316 e. The van der Waals surface area contributed by atoms with E-state index in [0.29, 0.717) is 6.54 Å². The summed E-state index contributed by atoms with van der Waals surface area (Å²) in [5, 5.41) is 4.68. The molecule has 0 spiro atoms. The SMILES string of the molecule is CSCCCCN=C1NC(=O)C(=O)N1. The number of hydrogen-bond acceptors (Lipinski definition) is 4. The van der Waals surface area contributed by atoms with Crippen molar-refractivity contribution in [1.29, 1.82) is 0 Å². The Balaban J connectivity index is 2.19. The second-order valence-electron chi connectivity index (χ2n) is 2.84. The Bertz CT molecular complexity index is 247. The Hall–Kier alpha value is -1.04. The predicted octanol–water partition coefficient (Wildman–Crippen LogP) is -0.268. The fourth-order valence-electron chi connectivity index (χ4n) is 0.988. The van der Waals surface area contributed by atoms with E-state index in [1.165, 1.54) is 0 Å². The molecule has 0 atom stereocenters. The minimum atomic E-state index is -0.632. The van der Waals surface area contributed by atoms with Gasteiger partial charge in [0.15, 0.2) is 0 Å². The van der Waals surface area contributed by atoms with Gasteiger partial charge in [-0.05, 0) is 24.9 Å². The quantitative estimate of drug-likeness (QED) is 0.490. The Morgan fingerprint density at radius 1 is 1.21 bits per heavy atom. The van der Waals surface area contributed by atoms with Crippen molar-refractivity contribution in [3.63, 3.8) is 0 Å². The number of unbranched alkanes of at least 4 members (excludes halogenated alkanes) is 1. The highest BCUT2D eigenvalue weighted by atomic mass is 32.2. The molecule has 0 unspecified atom stereocenters. The Morgan fingerprint density at radius 3 is 2.43 bits per heavy atom. The number of nitrogens with one attached hydrogen (secondary N) is 2. The molecule has 0 aromatic heterocycles. The summed E-state index contributed by atoms with van der Waals surface area (Å²) in [4.78, 5) is 25.5. The van der Waals surface area contributed by atoms with Gasteiger partial charge < -0.3 is 0 Å². The van der Waals surface area contributed by atoms with Crippen LogP contribution < -0.4 is 10.6 Å². The van der Waals surface area contributed by atoms with Crippen molar-refractivity contribution in [3.05, 3.63) is 0 Å². The third-order valence-electron chi connectivity index (χ3n) is 1.70. The molecule has 1 heterocycles. The van der Waals surface area contributed by atoms with Crippen LogP contribution in [-0.4, -0.2) is 36.3 Å². The van der Waals surface area contributed by atoms with E-state index >= 15 is 0 Å². The highest BCUT2D eigenvalue weighted by molar-refractivity contribution is 7.98. The number of thioether (sulfide) groups is 1. The standard InChI is InChI=1S/C8H13N3O2S/c1-14-5-3-2-4-9-8-10-6(12)7(13)11-8/h2-5H2,1H3,(H2,9,10,11,12,13). The maximum absolute atomic E-state index is 10.7. The van der Waals surface area contributed by atoms with Gasteiger partial charge in [-0.2, -0.15) is 11.8 Å². The van der Waals surface area contributed by atoms with Crippen LogP contribution in [0.15, 0.2) is 4.99 Å². The van der Waals surface area contributed by atoms with Crippen molar-refractivity contribution in [2.24, 2.45) is 4.99 Å². The van der Waals surface area contributed by atoms with Crippen LogP contribution in [0, 0.1) is 0 Å². The van der Waals surface area contributed by atoms with E-state index in [0.717, 1.165) is 18.6 Å². The fraction of sp³-hybridized carbons (Fsp3) is 0.625. The lowest BCUT2D eigenvalue weighted by Crippen LogP contribution is -2.25. The second kappa shape index (κ2) is 5.64. The Kier molecular flexibility index (Phi) is 4.45. The molecular weight excluding hydrogens is 202 g/mol. The Labute approximate surface area is 86.7 Å². The lowest BCUT2D eigenvalue weighted by Gasteiger charge is -1.97. The zero-order valence-electron chi connectivity index (χ0n) is 8.00. The zero-order chi connectivity index (χ0) is 10.4. The van der Waals surface area contributed by atoms with Crippen molar-refractivity contribution in [2.45, 2.75) is 12.8 Å². The van der Waals surface area contributed by atoms with Crippen LogP contribution in [0.25, 0.3) is 0 Å². The smallest absolute Gasteiger partial charge is 0.288 e. The molecule has 78 valence electrons. The van der Waals surface area contributed by atoms with Crippen molar-refractivity contribution < 1.29 is 9.59 Å². The number of aliphatic imine (C=N–C) groups is 1. The minimum Gasteiger partial charge on any atom is -0.288 e. The lowest BCUT2D eigenvalue weighted by atomic mass is 10.3. The van der Waals surface area contributed by atoms with Gasteiger partial charge >= 0.3 is 11.8 Å². The molecular formula is C8H13N3O2S. The van der Waals surface area contributed by atoms with Crippen LogP contribution in [-0.2, 0) is 9.59 Å². The van der Waals surface area contributed by atoms with E-state index < -0.39 is 11.8 Å². The molecule has 1 aliphatic heterocycles. The average molecular weight is 215 g/mol. The summed E-state index contributed by atoms with van der Waals surface area (Å²) in [7, 11) is 0. The van der Waals surface area contributed by atoms with Crippen molar-refractivity contribution in [3.8, 4) is 0 Å². The molecule has 0 aromatic carbocycles. The first-order valence-electron chi connectivity index (χ1n) is 4.40. The molecule has 1 rings (SSSR count). The summed E-state index contributed by atoms with van der Waals surface area (Å²) in [5.74, 6) is 0.133. The van der Waals surface area contributed by atoms with Gasteiger partial charge in [-0.15, -0.1) is 0 Å². The normalized spacial score (nSPS) is 15.4. The first-order valence-corrected chi connectivity index (χ1v) is 5.79. The van der Waals surface area contributed by atoms with Crippen molar-refractivity contribution >= 4 is 29.5 Å². The second-order valence-corrected chi connectivity index (χ2v) is 3.82. The number of carbonyl (C=O) groups is 2. The lowest BCUT2D eigenvalue weighted by molar-refractivity contribution is -0.135. The van der Waals surface area contributed by atoms with Gasteiger partial charge in [-0.1, -0.05) is 0 Å². The molecule has 1 aliphatic rings. The van der Waals surface area contributed by atoms with E-state index in [2.05, 4.69) is 21.9 Å². The fourth-order valence-corrected chi connectivity index (χ4v) is 1.48. The van der Waals surface area contributed by atoms with Crippen LogP contribution in [0.5, 0.6) is 0 Å². The summed E-state index contributed by atoms with van der Waals surface area (Å²) in [6.07, 6.45) is 4.12. The Morgan fingerprint density at radius 2 is 1.86 bits per heavy atom. The first-order chi connectivity index (χ1) is 6.74. The molecule has 1 saturated heterocycles. The average Bonchev–Trinajstić information content (AvgIpc) is 2.46. The monoisotopic (exact) mass is 215 g/mol. The number of nitrogens with zero attached hydrogens (tertiary/aromatic N) is 1. The van der Waals surface area contributed by atoms with Crippen molar-refractivity contribution in [1.82, 2.24) is 10.6 Å². The van der Waals surface area contributed by atoms with Gasteiger partial charge in [0.2, 0.25) is 5.96 Å². The largest absolute Gasteiger partial charge is 0.316 e. The van der Waals surface area contributed by atoms with E-state index in [1.54, 1.807) is 11.8 Å². The number of carbonyl (C=O) groups excluding carboxylic acids is 2. The summed E-state index contributed by atoms with van der Waals surface area (Å²) in [6, 6.07) is 0. The number of hydrogen-bond donors (Lipinski definition) is 2. The summed E-state index contributed by atoms with van der Waals surface area (Å²) >= 11 is 1.80. The summed E-state index contributed by atoms with van der Waals surface area (Å²) < 4.78 is 0. The van der Waals surface area contributed by atoms with E-state index in [1.807, 2.05) is 0 Å². The van der Waals surface area contributed by atoms with Crippen LogP contribution in [0.2, 0.25) is 0 Å². The maximum atomic E-state index is 10.7. The molecule has 1 fully saturated rings. The predicted molar refractivity (Wildman–Crippen MR) is 56.2 cm³/mol. The molecule has 0 radical (unpaired) electrons. The summed E-state index contributed by atoms with van der Waals surface area (Å²) in [5.41, 5.74) is 0. The third kappa shape index (κ3) is 3.37. The molecule has 0 saturated carbocycles. The van der Waals surface area contributed by atoms with Crippen LogP contribution in [0.4, 0.5) is 0 Å². The van der Waals surface area contributed by atoms with Crippen molar-refractivity contribution in [2.75, 3.05) is 18.6 Å². The first kappa shape index (κ1) is 11.0. The van der Waals surface area contributed by atoms with E-state index in [-0.39, 0.29) is 5.96 Å². The molecule has 0 aromatic rings. The summed E-state index contributed by atoms with van der Waals surface area (Å²) in [6.45, 7) is 0.635. The third-order valence-corrected chi connectivity index (χ3v) is 2.39. The topological polar surface area (TPSA) is 70.6 Å². The van der Waals surface area contributed by atoms with Gasteiger partial charge in [0.1, 0.15) is 0 Å². The molecule has 2 N–H and O–H groups in total. The van der Waals surface area contributed by atoms with Gasteiger partial charge in [-0.3, -0.25) is 25.2 Å². The molecule has 14 heavy (non-hydrogen) atoms. The van der Waals surface area contributed by atoms with Gasteiger partial charge in [0, 0.05) is 6.54 Å². The van der Waals surface area contributed by atoms with Crippen LogP contribution in [0.1, 0.15) is 12.8 Å². The highest BCUT2D eigenvalue weighted by Crippen LogP contribution is 1.99. The van der Waals surface area contributed by atoms with Crippen LogP contribution >= 0.6 is 11.8 Å². The van der Waals surface area contributed by atoms with Crippen LogP contribution in [0.3, 0.4) is 0 Å². The molecule has 6 heteroatoms. The number of amides is 2. The zero-order valence-corrected chi connectivity index (χ0v) is 8.82. The van der Waals surface area contributed by atoms with Gasteiger partial charge in [0.05, 0.1) is 0 Å². The molecule has 0 aliphatic carbocycles. The molecule has 0 bridgehead atoms. The van der Waals surface area contributed by atoms with Gasteiger partial charge in [-0.25, -0.2) is 0 Å². The molecule has 2 amide bonds. The molecule has 5 nitrogen and oxygen atoms in total. The highest BCUT2D eigenvalue weighted by Gasteiger charge is 2.24. The van der Waals surface area contributed by atoms with Gasteiger partial charge in [0.25, 0.3) is 0 Å². The van der Waals surface area contributed by atoms with E-state index in [9.17, 15) is 9.59 Å².